The Hall–Kier alpha value is -1.25. The first kappa shape index (κ1) is 15.8. The molecular weight excluding hydrogens is 236 g/mol. The molecule has 0 aliphatic rings. The molecule has 0 aliphatic carbocycles. The number of anilines is 1. The van der Waals surface area contributed by atoms with Gasteiger partial charge in [-0.15, -0.1) is 0 Å². The number of aryl methyl sites for hydroxylation is 1. The summed E-state index contributed by atoms with van der Waals surface area (Å²) in [5.41, 5.74) is 1.07. The average molecular weight is 264 g/mol. The largest absolute Gasteiger partial charge is 0.384 e. The summed E-state index contributed by atoms with van der Waals surface area (Å²) in [5.74, 6) is 0. The lowest BCUT2D eigenvalue weighted by molar-refractivity contribution is 0.581. The Balaban J connectivity index is 2.01. The van der Waals surface area contributed by atoms with E-state index in [9.17, 15) is 4.79 Å². The molecule has 3 nitrogen and oxygen atoms in total. The second-order valence-corrected chi connectivity index (χ2v) is 5.27. The summed E-state index contributed by atoms with van der Waals surface area (Å²) < 4.78 is 1.61. The van der Waals surface area contributed by atoms with Crippen LogP contribution in [0.5, 0.6) is 0 Å². The van der Waals surface area contributed by atoms with Crippen LogP contribution in [-0.4, -0.2) is 11.1 Å². The maximum atomic E-state index is 11.2. The van der Waals surface area contributed by atoms with Crippen molar-refractivity contribution in [1.82, 2.24) is 4.57 Å². The van der Waals surface area contributed by atoms with Crippen LogP contribution in [0.3, 0.4) is 0 Å². The molecule has 108 valence electrons. The summed E-state index contributed by atoms with van der Waals surface area (Å²) in [6, 6.07) is 3.46. The molecule has 0 aliphatic heterocycles. The fourth-order valence-electron chi connectivity index (χ4n) is 2.19. The van der Waals surface area contributed by atoms with Crippen LogP contribution in [0.15, 0.2) is 23.1 Å². The van der Waals surface area contributed by atoms with E-state index in [-0.39, 0.29) is 5.56 Å². The average Bonchev–Trinajstić information content (AvgIpc) is 2.41. The van der Waals surface area contributed by atoms with Crippen molar-refractivity contribution in [2.75, 3.05) is 11.9 Å². The van der Waals surface area contributed by atoms with Crippen LogP contribution in [0, 0.1) is 0 Å². The third-order valence-electron chi connectivity index (χ3n) is 3.45. The standard InChI is InChI=1S/C16H28N2O/c1-3-4-5-6-7-8-9-10-13-17-15-11-12-16(19)18(2)14-15/h11-12,14,17H,3-10,13H2,1-2H3. The summed E-state index contributed by atoms with van der Waals surface area (Å²) in [6.07, 6.45) is 12.6. The van der Waals surface area contributed by atoms with E-state index >= 15 is 0 Å². The van der Waals surface area contributed by atoms with Gasteiger partial charge in [-0.25, -0.2) is 0 Å². The van der Waals surface area contributed by atoms with E-state index in [1.165, 1.54) is 51.4 Å². The first-order valence-electron chi connectivity index (χ1n) is 7.64. The van der Waals surface area contributed by atoms with E-state index in [0.29, 0.717) is 0 Å². The third kappa shape index (κ3) is 7.04. The van der Waals surface area contributed by atoms with Crippen molar-refractivity contribution in [1.29, 1.82) is 0 Å². The van der Waals surface area contributed by atoms with E-state index in [1.807, 2.05) is 12.3 Å². The molecule has 0 amide bonds. The Bertz CT molecular complexity index is 398. The predicted octanol–water partition coefficient (Wildman–Crippen LogP) is 3.94. The molecule has 1 heterocycles. The second-order valence-electron chi connectivity index (χ2n) is 5.27. The van der Waals surface area contributed by atoms with Crippen molar-refractivity contribution in [3.63, 3.8) is 0 Å². The molecule has 0 aromatic carbocycles. The topological polar surface area (TPSA) is 34.0 Å². The first-order chi connectivity index (χ1) is 9.24. The second kappa shape index (κ2) is 9.65. The normalized spacial score (nSPS) is 10.6. The highest BCUT2D eigenvalue weighted by molar-refractivity contribution is 5.39. The molecule has 1 rings (SSSR count). The monoisotopic (exact) mass is 264 g/mol. The van der Waals surface area contributed by atoms with Gasteiger partial charge < -0.3 is 9.88 Å². The molecule has 0 unspecified atom stereocenters. The first-order valence-corrected chi connectivity index (χ1v) is 7.64. The molecule has 1 aromatic heterocycles. The molecule has 0 atom stereocenters. The lowest BCUT2D eigenvalue weighted by Gasteiger charge is -2.07. The van der Waals surface area contributed by atoms with Gasteiger partial charge in [0.05, 0.1) is 5.69 Å². The predicted molar refractivity (Wildman–Crippen MR) is 82.8 cm³/mol. The van der Waals surface area contributed by atoms with Gasteiger partial charge in [0, 0.05) is 25.9 Å². The minimum absolute atomic E-state index is 0.0395. The minimum atomic E-state index is 0.0395. The van der Waals surface area contributed by atoms with Gasteiger partial charge >= 0.3 is 0 Å². The Morgan fingerprint density at radius 2 is 1.63 bits per heavy atom. The minimum Gasteiger partial charge on any atom is -0.384 e. The van der Waals surface area contributed by atoms with Crippen LogP contribution in [0.4, 0.5) is 5.69 Å². The molecule has 3 heteroatoms. The lowest BCUT2D eigenvalue weighted by atomic mass is 10.1. The van der Waals surface area contributed by atoms with E-state index < -0.39 is 0 Å². The summed E-state index contributed by atoms with van der Waals surface area (Å²) in [7, 11) is 1.78. The van der Waals surface area contributed by atoms with Crippen molar-refractivity contribution in [2.45, 2.75) is 58.3 Å². The Morgan fingerprint density at radius 1 is 1.00 bits per heavy atom. The molecule has 0 bridgehead atoms. The number of hydrogen-bond donors (Lipinski definition) is 1. The van der Waals surface area contributed by atoms with Gasteiger partial charge in [0.15, 0.2) is 0 Å². The number of hydrogen-bond acceptors (Lipinski definition) is 2. The van der Waals surface area contributed by atoms with E-state index in [1.54, 1.807) is 17.7 Å². The Labute approximate surface area is 117 Å². The molecule has 0 saturated heterocycles. The molecule has 1 N–H and O–H groups in total. The molecular formula is C16H28N2O. The summed E-state index contributed by atoms with van der Waals surface area (Å²) in [5, 5.41) is 3.36. The number of pyridine rings is 1. The summed E-state index contributed by atoms with van der Waals surface area (Å²) in [6.45, 7) is 3.25. The van der Waals surface area contributed by atoms with Crippen LogP contribution in [0.2, 0.25) is 0 Å². The van der Waals surface area contributed by atoms with Gasteiger partial charge in [0.2, 0.25) is 5.56 Å². The van der Waals surface area contributed by atoms with Crippen molar-refractivity contribution in [2.24, 2.45) is 7.05 Å². The Morgan fingerprint density at radius 3 is 2.26 bits per heavy atom. The van der Waals surface area contributed by atoms with Gasteiger partial charge in [0.25, 0.3) is 0 Å². The van der Waals surface area contributed by atoms with Gasteiger partial charge in [-0.3, -0.25) is 4.79 Å². The number of unbranched alkanes of at least 4 members (excludes halogenated alkanes) is 7. The molecule has 1 aromatic rings. The van der Waals surface area contributed by atoms with E-state index in [4.69, 9.17) is 0 Å². The molecule has 0 fully saturated rings. The zero-order valence-corrected chi connectivity index (χ0v) is 12.5. The number of nitrogens with zero attached hydrogens (tertiary/aromatic N) is 1. The maximum Gasteiger partial charge on any atom is 0.250 e. The number of aromatic nitrogens is 1. The number of nitrogens with one attached hydrogen (secondary N) is 1. The fourth-order valence-corrected chi connectivity index (χ4v) is 2.19. The van der Waals surface area contributed by atoms with E-state index in [2.05, 4.69) is 12.2 Å². The van der Waals surface area contributed by atoms with Crippen LogP contribution >= 0.6 is 0 Å². The zero-order chi connectivity index (χ0) is 13.9. The van der Waals surface area contributed by atoms with Crippen molar-refractivity contribution >= 4 is 5.69 Å². The van der Waals surface area contributed by atoms with Crippen molar-refractivity contribution < 1.29 is 0 Å². The van der Waals surface area contributed by atoms with Crippen LogP contribution < -0.4 is 10.9 Å². The van der Waals surface area contributed by atoms with Crippen molar-refractivity contribution in [3.8, 4) is 0 Å². The SMILES string of the molecule is CCCCCCCCCCNc1ccc(=O)n(C)c1. The van der Waals surface area contributed by atoms with Gasteiger partial charge in [-0.1, -0.05) is 51.9 Å². The highest BCUT2D eigenvalue weighted by Gasteiger charge is 1.95. The third-order valence-corrected chi connectivity index (χ3v) is 3.45. The fraction of sp³-hybridized carbons (Fsp3) is 0.688. The van der Waals surface area contributed by atoms with Crippen molar-refractivity contribution in [3.05, 3.63) is 28.7 Å². The smallest absolute Gasteiger partial charge is 0.250 e. The number of rotatable bonds is 10. The summed E-state index contributed by atoms with van der Waals surface area (Å²) >= 11 is 0. The lowest BCUT2D eigenvalue weighted by Crippen LogP contribution is -2.15. The van der Waals surface area contributed by atoms with Crippen LogP contribution in [-0.2, 0) is 7.05 Å². The molecule has 0 spiro atoms. The summed E-state index contributed by atoms with van der Waals surface area (Å²) in [4.78, 5) is 11.2. The Kier molecular flexibility index (Phi) is 8.03. The van der Waals surface area contributed by atoms with Crippen LogP contribution in [0.25, 0.3) is 0 Å². The zero-order valence-electron chi connectivity index (χ0n) is 12.5. The van der Waals surface area contributed by atoms with Gasteiger partial charge in [-0.05, 0) is 12.5 Å². The maximum absolute atomic E-state index is 11.2. The highest BCUT2D eigenvalue weighted by atomic mass is 16.1. The molecule has 0 saturated carbocycles. The van der Waals surface area contributed by atoms with Gasteiger partial charge in [0.1, 0.15) is 0 Å². The van der Waals surface area contributed by atoms with Gasteiger partial charge in [-0.2, -0.15) is 0 Å². The molecule has 0 radical (unpaired) electrons. The quantitative estimate of drug-likeness (QED) is 0.649. The molecule has 19 heavy (non-hydrogen) atoms. The van der Waals surface area contributed by atoms with Crippen LogP contribution in [0.1, 0.15) is 58.3 Å². The highest BCUT2D eigenvalue weighted by Crippen LogP contribution is 2.09. The van der Waals surface area contributed by atoms with E-state index in [0.717, 1.165) is 12.2 Å².